The second kappa shape index (κ2) is 8.96. The van der Waals surface area contributed by atoms with Gasteiger partial charge in [-0.25, -0.2) is 14.2 Å². The van der Waals surface area contributed by atoms with Crippen LogP contribution in [0.2, 0.25) is 0 Å². The van der Waals surface area contributed by atoms with Crippen molar-refractivity contribution in [3.8, 4) is 0 Å². The molecule has 7 heteroatoms. The largest absolute Gasteiger partial charge is 0.478 e. The van der Waals surface area contributed by atoms with Gasteiger partial charge in [-0.2, -0.15) is 0 Å². The molecule has 0 aliphatic heterocycles. The number of pyridine rings is 1. The lowest BCUT2D eigenvalue weighted by Crippen LogP contribution is -2.19. The summed E-state index contributed by atoms with van der Waals surface area (Å²) >= 11 is 0. The Balaban J connectivity index is 1.74. The Morgan fingerprint density at radius 1 is 1.21 bits per heavy atom. The van der Waals surface area contributed by atoms with E-state index < -0.39 is 5.97 Å². The van der Waals surface area contributed by atoms with Gasteiger partial charge in [0.05, 0.1) is 17.8 Å². The Morgan fingerprint density at radius 2 is 1.93 bits per heavy atom. The number of aryl methyl sites for hydroxylation is 1. The van der Waals surface area contributed by atoms with Crippen LogP contribution in [0.5, 0.6) is 0 Å². The first kappa shape index (κ1) is 20.7. The Hall–Kier alpha value is -3.06. The fourth-order valence-electron chi connectivity index (χ4n) is 3.24. The van der Waals surface area contributed by atoms with Crippen molar-refractivity contribution in [3.63, 3.8) is 0 Å². The Labute approximate surface area is 169 Å². The first-order valence-electron chi connectivity index (χ1n) is 9.54. The zero-order valence-electron chi connectivity index (χ0n) is 16.8. The van der Waals surface area contributed by atoms with Crippen LogP contribution in [0.25, 0.3) is 0 Å². The summed E-state index contributed by atoms with van der Waals surface area (Å²) in [6, 6.07) is 9.61. The lowest BCUT2D eigenvalue weighted by molar-refractivity contribution is 0.0696. The predicted octanol–water partition coefficient (Wildman–Crippen LogP) is 3.89. The lowest BCUT2D eigenvalue weighted by atomic mass is 10.1. The fourth-order valence-corrected chi connectivity index (χ4v) is 3.24. The van der Waals surface area contributed by atoms with Gasteiger partial charge in [-0.15, -0.1) is 0 Å². The molecule has 0 saturated heterocycles. The molecule has 0 unspecified atom stereocenters. The lowest BCUT2D eigenvalue weighted by Gasteiger charge is -2.15. The molecular weight excluding hydrogens is 371 g/mol. The quantitative estimate of drug-likeness (QED) is 0.604. The molecule has 0 saturated carbocycles. The van der Waals surface area contributed by atoms with E-state index in [1.807, 2.05) is 6.20 Å². The Kier molecular flexibility index (Phi) is 6.39. The van der Waals surface area contributed by atoms with Gasteiger partial charge >= 0.3 is 5.97 Å². The van der Waals surface area contributed by atoms with E-state index in [0.717, 1.165) is 17.1 Å². The monoisotopic (exact) mass is 396 g/mol. The number of rotatable bonds is 8. The third kappa shape index (κ3) is 5.26. The summed E-state index contributed by atoms with van der Waals surface area (Å²) in [5.41, 5.74) is 3.67. The van der Waals surface area contributed by atoms with Crippen LogP contribution in [-0.4, -0.2) is 25.6 Å². The highest BCUT2D eigenvalue weighted by Gasteiger charge is 2.14. The average Bonchev–Trinajstić information content (AvgIpc) is 3.06. The van der Waals surface area contributed by atoms with Crippen molar-refractivity contribution in [2.45, 2.75) is 46.3 Å². The van der Waals surface area contributed by atoms with E-state index in [1.165, 1.54) is 12.1 Å². The second-order valence-electron chi connectivity index (χ2n) is 7.36. The minimum absolute atomic E-state index is 0.231. The molecule has 0 aliphatic carbocycles. The third-order valence-corrected chi connectivity index (χ3v) is 4.66. The number of aromatic nitrogens is 3. The van der Waals surface area contributed by atoms with Gasteiger partial charge in [-0.1, -0.05) is 26.0 Å². The highest BCUT2D eigenvalue weighted by atomic mass is 19.1. The Morgan fingerprint density at radius 3 is 2.59 bits per heavy atom. The molecule has 2 heterocycles. The Bertz CT molecular complexity index is 997. The summed E-state index contributed by atoms with van der Waals surface area (Å²) in [5.74, 6) is -0.0534. The topological polar surface area (TPSA) is 80.0 Å². The summed E-state index contributed by atoms with van der Waals surface area (Å²) < 4.78 is 15.4. The summed E-state index contributed by atoms with van der Waals surface area (Å²) in [7, 11) is 0. The maximum absolute atomic E-state index is 13.2. The molecule has 3 rings (SSSR count). The van der Waals surface area contributed by atoms with Gasteiger partial charge in [0.25, 0.3) is 0 Å². The number of halogens is 1. The van der Waals surface area contributed by atoms with Crippen molar-refractivity contribution < 1.29 is 14.3 Å². The number of carbonyl (C=O) groups is 1. The van der Waals surface area contributed by atoms with Crippen molar-refractivity contribution in [1.82, 2.24) is 19.9 Å². The first-order valence-corrected chi connectivity index (χ1v) is 9.54. The van der Waals surface area contributed by atoms with E-state index >= 15 is 0 Å². The number of benzene rings is 1. The molecule has 0 atom stereocenters. The summed E-state index contributed by atoms with van der Waals surface area (Å²) in [6.45, 7) is 7.55. The van der Waals surface area contributed by atoms with Crippen molar-refractivity contribution in [2.75, 3.05) is 0 Å². The highest BCUT2D eigenvalue weighted by Crippen LogP contribution is 2.19. The summed E-state index contributed by atoms with van der Waals surface area (Å²) in [5, 5.41) is 12.5. The molecule has 0 bridgehead atoms. The molecule has 0 fully saturated rings. The average molecular weight is 396 g/mol. The molecule has 0 aliphatic rings. The zero-order chi connectivity index (χ0) is 21.0. The van der Waals surface area contributed by atoms with Crippen LogP contribution in [0.1, 0.15) is 58.6 Å². The smallest absolute Gasteiger partial charge is 0.335 e. The van der Waals surface area contributed by atoms with Crippen LogP contribution in [0.4, 0.5) is 4.39 Å². The predicted molar refractivity (Wildman–Crippen MR) is 108 cm³/mol. The van der Waals surface area contributed by atoms with Crippen molar-refractivity contribution >= 4 is 5.97 Å². The van der Waals surface area contributed by atoms with Gasteiger partial charge in [-0.3, -0.25) is 4.98 Å². The molecule has 3 aromatic rings. The van der Waals surface area contributed by atoms with Gasteiger partial charge in [0.2, 0.25) is 0 Å². The first-order chi connectivity index (χ1) is 13.8. The molecule has 6 nitrogen and oxygen atoms in total. The number of imidazole rings is 1. The van der Waals surface area contributed by atoms with E-state index in [1.54, 1.807) is 31.2 Å². The van der Waals surface area contributed by atoms with Crippen LogP contribution in [0.3, 0.4) is 0 Å². The molecule has 1 aromatic carbocycles. The molecule has 152 valence electrons. The van der Waals surface area contributed by atoms with Crippen molar-refractivity contribution in [2.24, 2.45) is 0 Å². The molecule has 0 amide bonds. The van der Waals surface area contributed by atoms with E-state index in [2.05, 4.69) is 33.7 Å². The van der Waals surface area contributed by atoms with E-state index in [9.17, 15) is 14.3 Å². The zero-order valence-corrected chi connectivity index (χ0v) is 16.8. The summed E-state index contributed by atoms with van der Waals surface area (Å²) in [6.07, 6.45) is 1.87. The van der Waals surface area contributed by atoms with E-state index in [4.69, 9.17) is 0 Å². The minimum atomic E-state index is -0.965. The normalized spacial score (nSPS) is 11.2. The number of hydrogen-bond donors (Lipinski definition) is 2. The van der Waals surface area contributed by atoms with Crippen LogP contribution in [0, 0.1) is 12.7 Å². The maximum atomic E-state index is 13.2. The third-order valence-electron chi connectivity index (χ3n) is 4.66. The van der Waals surface area contributed by atoms with Gasteiger partial charge < -0.3 is 15.0 Å². The SMILES string of the molecule is Cc1cc(C(=O)O)cc(CNCc2ncc(C(C)C)n2Cc2ccc(F)cc2)n1. The summed E-state index contributed by atoms with van der Waals surface area (Å²) in [4.78, 5) is 20.2. The van der Waals surface area contributed by atoms with Gasteiger partial charge in [0.15, 0.2) is 0 Å². The standard InChI is InChI=1S/C22H25FN4O2/c1-14(2)20-11-25-21(27(20)13-16-4-6-18(23)7-5-16)12-24-10-19-9-17(22(28)29)8-15(3)26-19/h4-9,11,14,24H,10,12-13H2,1-3H3,(H,28,29). The molecule has 0 radical (unpaired) electrons. The minimum Gasteiger partial charge on any atom is -0.478 e. The van der Waals surface area contributed by atoms with Gasteiger partial charge in [0, 0.05) is 30.7 Å². The number of nitrogens with zero attached hydrogens (tertiary/aromatic N) is 3. The number of hydrogen-bond acceptors (Lipinski definition) is 4. The van der Waals surface area contributed by atoms with Crippen molar-refractivity contribution in [1.29, 1.82) is 0 Å². The molecular formula is C22H25FN4O2. The number of carboxylic acids is 1. The molecule has 2 aromatic heterocycles. The second-order valence-corrected chi connectivity index (χ2v) is 7.36. The van der Waals surface area contributed by atoms with Crippen LogP contribution < -0.4 is 5.32 Å². The van der Waals surface area contributed by atoms with Crippen molar-refractivity contribution in [3.05, 3.63) is 82.4 Å². The van der Waals surface area contributed by atoms with E-state index in [-0.39, 0.29) is 11.4 Å². The maximum Gasteiger partial charge on any atom is 0.335 e. The number of aromatic carboxylic acids is 1. The molecule has 0 spiro atoms. The number of nitrogens with one attached hydrogen (secondary N) is 1. The fraction of sp³-hybridized carbons (Fsp3) is 0.318. The van der Waals surface area contributed by atoms with Crippen LogP contribution in [-0.2, 0) is 19.6 Å². The van der Waals surface area contributed by atoms with Gasteiger partial charge in [0.1, 0.15) is 11.6 Å². The molecule has 2 N–H and O–H groups in total. The van der Waals surface area contributed by atoms with Crippen LogP contribution >= 0.6 is 0 Å². The molecule has 29 heavy (non-hydrogen) atoms. The highest BCUT2D eigenvalue weighted by molar-refractivity contribution is 5.87. The van der Waals surface area contributed by atoms with Crippen LogP contribution in [0.15, 0.2) is 42.6 Å². The van der Waals surface area contributed by atoms with E-state index in [0.29, 0.717) is 36.9 Å². The van der Waals surface area contributed by atoms with Gasteiger partial charge in [-0.05, 0) is 42.7 Å². The number of carboxylic acid groups (broad SMARTS) is 1.